The Bertz CT molecular complexity index is 390. The average molecular weight is 259 g/mol. The second kappa shape index (κ2) is 6.53. The molecular weight excluding hydrogens is 234 g/mol. The van der Waals surface area contributed by atoms with Gasteiger partial charge in [-0.2, -0.15) is 0 Å². The lowest BCUT2D eigenvalue weighted by molar-refractivity contribution is 0.0276. The lowest BCUT2D eigenvalue weighted by Gasteiger charge is -2.25. The van der Waals surface area contributed by atoms with Crippen molar-refractivity contribution in [3.05, 3.63) is 35.4 Å². The first-order valence-electron chi connectivity index (χ1n) is 7.85. The van der Waals surface area contributed by atoms with Crippen molar-refractivity contribution in [3.8, 4) is 0 Å². The molecule has 1 N–H and O–H groups in total. The van der Waals surface area contributed by atoms with Gasteiger partial charge < -0.3 is 10.1 Å². The van der Waals surface area contributed by atoms with E-state index in [1.54, 1.807) is 0 Å². The van der Waals surface area contributed by atoms with Gasteiger partial charge in [-0.05, 0) is 29.9 Å². The third-order valence-electron chi connectivity index (χ3n) is 4.54. The minimum atomic E-state index is 0.250. The predicted molar refractivity (Wildman–Crippen MR) is 78.4 cm³/mol. The maximum atomic E-state index is 5.87. The van der Waals surface area contributed by atoms with Gasteiger partial charge in [-0.15, -0.1) is 0 Å². The number of hydrogen-bond acceptors (Lipinski definition) is 2. The van der Waals surface area contributed by atoms with E-state index < -0.39 is 0 Å². The lowest BCUT2D eigenvalue weighted by atomic mass is 9.90. The van der Waals surface area contributed by atoms with Crippen LogP contribution in [0.2, 0.25) is 0 Å². The highest BCUT2D eigenvalue weighted by Crippen LogP contribution is 2.33. The second-order valence-corrected chi connectivity index (χ2v) is 5.92. The van der Waals surface area contributed by atoms with E-state index in [1.807, 2.05) is 0 Å². The number of nitrogens with one attached hydrogen (secondary N) is 1. The number of morpholine rings is 1. The molecule has 19 heavy (non-hydrogen) atoms. The van der Waals surface area contributed by atoms with Crippen LogP contribution in [0.4, 0.5) is 0 Å². The molecule has 0 aromatic heterocycles. The topological polar surface area (TPSA) is 21.3 Å². The first-order chi connectivity index (χ1) is 9.43. The second-order valence-electron chi connectivity index (χ2n) is 5.92. The summed E-state index contributed by atoms with van der Waals surface area (Å²) in [4.78, 5) is 0. The molecular formula is C17H25NO. The summed E-state index contributed by atoms with van der Waals surface area (Å²) < 4.78 is 5.87. The van der Waals surface area contributed by atoms with E-state index in [-0.39, 0.29) is 6.10 Å². The molecule has 3 rings (SSSR count). The third-order valence-corrected chi connectivity index (χ3v) is 4.54. The van der Waals surface area contributed by atoms with Crippen molar-refractivity contribution in [1.82, 2.24) is 5.32 Å². The Morgan fingerprint density at radius 3 is 2.53 bits per heavy atom. The van der Waals surface area contributed by atoms with Gasteiger partial charge in [-0.1, -0.05) is 49.9 Å². The minimum absolute atomic E-state index is 0.250. The van der Waals surface area contributed by atoms with Gasteiger partial charge in [0.15, 0.2) is 0 Å². The molecule has 1 unspecified atom stereocenters. The normalized spacial score (nSPS) is 26.0. The molecule has 1 saturated carbocycles. The monoisotopic (exact) mass is 259 g/mol. The Kier molecular flexibility index (Phi) is 4.52. The summed E-state index contributed by atoms with van der Waals surface area (Å²) in [6.07, 6.45) is 8.63. The quantitative estimate of drug-likeness (QED) is 0.816. The average Bonchev–Trinajstić information content (AvgIpc) is 2.77. The predicted octanol–water partition coefficient (Wildman–Crippen LogP) is 3.79. The molecule has 0 bridgehead atoms. The smallest absolute Gasteiger partial charge is 0.0949 e. The molecule has 0 spiro atoms. The molecule has 104 valence electrons. The number of rotatable bonds is 2. The van der Waals surface area contributed by atoms with Crippen molar-refractivity contribution in [3.63, 3.8) is 0 Å². The molecule has 0 radical (unpaired) electrons. The highest BCUT2D eigenvalue weighted by molar-refractivity contribution is 5.28. The zero-order chi connectivity index (χ0) is 12.9. The van der Waals surface area contributed by atoms with Crippen LogP contribution >= 0.6 is 0 Å². The summed E-state index contributed by atoms with van der Waals surface area (Å²) in [6, 6.07) is 9.15. The Morgan fingerprint density at radius 2 is 1.79 bits per heavy atom. The fourth-order valence-corrected chi connectivity index (χ4v) is 3.41. The van der Waals surface area contributed by atoms with Crippen LogP contribution in [-0.4, -0.2) is 19.7 Å². The van der Waals surface area contributed by atoms with Crippen LogP contribution in [0.15, 0.2) is 24.3 Å². The van der Waals surface area contributed by atoms with Crippen molar-refractivity contribution in [2.24, 2.45) is 0 Å². The van der Waals surface area contributed by atoms with E-state index in [1.165, 1.54) is 49.7 Å². The maximum Gasteiger partial charge on any atom is 0.0949 e. The van der Waals surface area contributed by atoms with Crippen LogP contribution in [0.5, 0.6) is 0 Å². The van der Waals surface area contributed by atoms with Crippen LogP contribution in [-0.2, 0) is 4.74 Å². The third kappa shape index (κ3) is 3.37. The highest BCUT2D eigenvalue weighted by Gasteiger charge is 2.18. The van der Waals surface area contributed by atoms with Gasteiger partial charge in [0.2, 0.25) is 0 Å². The zero-order valence-electron chi connectivity index (χ0n) is 11.7. The first-order valence-corrected chi connectivity index (χ1v) is 7.85. The van der Waals surface area contributed by atoms with Crippen LogP contribution in [0.25, 0.3) is 0 Å². The highest BCUT2D eigenvalue weighted by atomic mass is 16.5. The molecule has 2 aliphatic rings. The van der Waals surface area contributed by atoms with E-state index in [9.17, 15) is 0 Å². The molecule has 1 aromatic rings. The number of benzene rings is 1. The minimum Gasteiger partial charge on any atom is -0.371 e. The van der Waals surface area contributed by atoms with Crippen LogP contribution in [0, 0.1) is 0 Å². The Balaban J connectivity index is 1.74. The van der Waals surface area contributed by atoms with Gasteiger partial charge in [0.05, 0.1) is 12.7 Å². The molecule has 2 heteroatoms. The van der Waals surface area contributed by atoms with Crippen molar-refractivity contribution in [1.29, 1.82) is 0 Å². The molecule has 2 fully saturated rings. The van der Waals surface area contributed by atoms with Crippen LogP contribution in [0.1, 0.15) is 61.7 Å². The number of ether oxygens (including phenoxy) is 1. The summed E-state index contributed by atoms with van der Waals surface area (Å²) in [5.41, 5.74) is 2.89. The molecule has 1 aliphatic heterocycles. The zero-order valence-corrected chi connectivity index (χ0v) is 11.7. The molecule has 1 saturated heterocycles. The largest absolute Gasteiger partial charge is 0.371 e. The van der Waals surface area contributed by atoms with Crippen molar-refractivity contribution >= 4 is 0 Å². The van der Waals surface area contributed by atoms with E-state index >= 15 is 0 Å². The van der Waals surface area contributed by atoms with E-state index in [0.29, 0.717) is 0 Å². The van der Waals surface area contributed by atoms with Crippen molar-refractivity contribution < 1.29 is 4.74 Å². The van der Waals surface area contributed by atoms with Gasteiger partial charge in [0.1, 0.15) is 0 Å². The Morgan fingerprint density at radius 1 is 1.00 bits per heavy atom. The van der Waals surface area contributed by atoms with Crippen LogP contribution in [0.3, 0.4) is 0 Å². The Labute approximate surface area is 116 Å². The summed E-state index contributed by atoms with van der Waals surface area (Å²) in [7, 11) is 0. The fourth-order valence-electron chi connectivity index (χ4n) is 3.41. The molecule has 1 aromatic carbocycles. The van der Waals surface area contributed by atoms with Crippen LogP contribution < -0.4 is 5.32 Å². The molecule has 0 amide bonds. The van der Waals surface area contributed by atoms with Gasteiger partial charge in [-0.25, -0.2) is 0 Å². The van der Waals surface area contributed by atoms with Gasteiger partial charge in [-0.3, -0.25) is 0 Å². The standard InChI is InChI=1S/C17H25NO/c1-2-4-7-14(6-3-1)15-8-5-9-16(12-15)17-13-18-10-11-19-17/h5,8-9,12,14,17-18H,1-4,6-7,10-11,13H2. The summed E-state index contributed by atoms with van der Waals surface area (Å²) in [5, 5.41) is 3.42. The fraction of sp³-hybridized carbons (Fsp3) is 0.647. The summed E-state index contributed by atoms with van der Waals surface area (Å²) >= 11 is 0. The SMILES string of the molecule is c1cc(C2CCCCCC2)cc(C2CNCCO2)c1. The van der Waals surface area contributed by atoms with Crippen molar-refractivity contribution in [2.45, 2.75) is 50.5 Å². The van der Waals surface area contributed by atoms with E-state index in [2.05, 4.69) is 29.6 Å². The van der Waals surface area contributed by atoms with Gasteiger partial charge in [0.25, 0.3) is 0 Å². The van der Waals surface area contributed by atoms with E-state index in [0.717, 1.165) is 25.6 Å². The molecule has 1 aliphatic carbocycles. The lowest BCUT2D eigenvalue weighted by Crippen LogP contribution is -2.33. The maximum absolute atomic E-state index is 5.87. The Hall–Kier alpha value is -0.860. The number of hydrogen-bond donors (Lipinski definition) is 1. The summed E-state index contributed by atoms with van der Waals surface area (Å²) in [5.74, 6) is 0.777. The van der Waals surface area contributed by atoms with Gasteiger partial charge in [0, 0.05) is 13.1 Å². The van der Waals surface area contributed by atoms with E-state index in [4.69, 9.17) is 4.74 Å². The molecule has 2 nitrogen and oxygen atoms in total. The van der Waals surface area contributed by atoms with Crippen molar-refractivity contribution in [2.75, 3.05) is 19.7 Å². The first kappa shape index (κ1) is 13.1. The summed E-state index contributed by atoms with van der Waals surface area (Å²) in [6.45, 7) is 2.77. The molecule has 1 heterocycles. The van der Waals surface area contributed by atoms with Gasteiger partial charge >= 0.3 is 0 Å². The molecule has 1 atom stereocenters.